The molecule has 2 aromatic carbocycles. The van der Waals surface area contributed by atoms with Crippen LogP contribution in [0.4, 0.5) is 5.95 Å². The van der Waals surface area contributed by atoms with Gasteiger partial charge in [-0.25, -0.2) is 13.9 Å². The van der Waals surface area contributed by atoms with Crippen LogP contribution in [-0.4, -0.2) is 15.6 Å². The van der Waals surface area contributed by atoms with Crippen LogP contribution < -0.4 is 10.3 Å². The lowest BCUT2D eigenvalue weighted by atomic mass is 10.1. The third-order valence-corrected chi connectivity index (χ3v) is 3.77. The van der Waals surface area contributed by atoms with E-state index in [0.29, 0.717) is 12.5 Å². The number of aliphatic carboxylic acids is 1. The van der Waals surface area contributed by atoms with Gasteiger partial charge in [-0.15, -0.1) is 0 Å². The number of benzene rings is 2. The molecular formula is C17H18N3O2+. The number of fused-ring (bicyclic) bond motifs is 1. The molecule has 3 N–H and O–H groups in total. The Hall–Kier alpha value is -2.82. The maximum absolute atomic E-state index is 11.1. The number of nitrogen functional groups attached to an aromatic ring is 1. The zero-order valence-electron chi connectivity index (χ0n) is 12.4. The Morgan fingerprint density at radius 2 is 1.86 bits per heavy atom. The van der Waals surface area contributed by atoms with E-state index in [1.807, 2.05) is 35.8 Å². The molecule has 0 spiro atoms. The van der Waals surface area contributed by atoms with E-state index in [4.69, 9.17) is 10.8 Å². The van der Waals surface area contributed by atoms with E-state index in [-0.39, 0.29) is 6.54 Å². The molecule has 1 heterocycles. The number of nitrogens with zero attached hydrogens (tertiary/aromatic N) is 2. The molecule has 0 aliphatic rings. The minimum atomic E-state index is -0.907. The van der Waals surface area contributed by atoms with Gasteiger partial charge in [0.15, 0.2) is 6.54 Å². The smallest absolute Gasteiger partial charge is 0.356 e. The largest absolute Gasteiger partial charge is 0.479 e. The molecule has 5 nitrogen and oxygen atoms in total. The highest BCUT2D eigenvalue weighted by atomic mass is 16.4. The Kier molecular flexibility index (Phi) is 3.55. The average molecular weight is 296 g/mol. The number of para-hydroxylation sites is 2. The molecule has 0 bridgehead atoms. The quantitative estimate of drug-likeness (QED) is 0.723. The first-order chi connectivity index (χ1) is 10.6. The van der Waals surface area contributed by atoms with Crippen LogP contribution in [0, 0.1) is 6.92 Å². The number of carboxylic acids is 1. The standard InChI is InChI=1S/C17H17N3O2/c1-12-6-8-13(9-7-12)10-19-14-4-2-3-5-15(14)20(17(19)18)11-16(21)22/h2-9,18H,10-11H2,1H3,(H,21,22)/p+1. The molecule has 0 aliphatic heterocycles. The van der Waals surface area contributed by atoms with E-state index >= 15 is 0 Å². The van der Waals surface area contributed by atoms with Crippen LogP contribution in [0.25, 0.3) is 11.0 Å². The van der Waals surface area contributed by atoms with Gasteiger partial charge in [0.2, 0.25) is 0 Å². The van der Waals surface area contributed by atoms with Crippen molar-refractivity contribution in [3.63, 3.8) is 0 Å². The van der Waals surface area contributed by atoms with Crippen molar-refractivity contribution in [1.29, 1.82) is 0 Å². The molecule has 1 aromatic heterocycles. The number of carbonyl (C=O) groups is 1. The second-order valence-corrected chi connectivity index (χ2v) is 5.40. The minimum absolute atomic E-state index is 0.146. The molecule has 0 saturated heterocycles. The van der Waals surface area contributed by atoms with E-state index < -0.39 is 5.97 Å². The fourth-order valence-electron chi connectivity index (χ4n) is 2.66. The van der Waals surface area contributed by atoms with Crippen molar-refractivity contribution in [3.8, 4) is 0 Å². The summed E-state index contributed by atoms with van der Waals surface area (Å²) in [4.78, 5) is 11.1. The van der Waals surface area contributed by atoms with E-state index in [2.05, 4.69) is 24.3 Å². The lowest BCUT2D eigenvalue weighted by molar-refractivity contribution is -0.648. The summed E-state index contributed by atoms with van der Waals surface area (Å²) in [6.07, 6.45) is 0. The molecule has 112 valence electrons. The van der Waals surface area contributed by atoms with E-state index in [0.717, 1.165) is 16.6 Å². The highest BCUT2D eigenvalue weighted by molar-refractivity contribution is 5.77. The van der Waals surface area contributed by atoms with Gasteiger partial charge in [0, 0.05) is 0 Å². The Morgan fingerprint density at radius 1 is 1.18 bits per heavy atom. The van der Waals surface area contributed by atoms with Crippen molar-refractivity contribution >= 4 is 23.0 Å². The van der Waals surface area contributed by atoms with Gasteiger partial charge in [-0.1, -0.05) is 42.0 Å². The fourth-order valence-corrected chi connectivity index (χ4v) is 2.66. The third-order valence-electron chi connectivity index (χ3n) is 3.77. The number of anilines is 1. The molecular weight excluding hydrogens is 278 g/mol. The Morgan fingerprint density at radius 3 is 2.55 bits per heavy atom. The fraction of sp³-hybridized carbons (Fsp3) is 0.176. The lowest BCUT2D eigenvalue weighted by Gasteiger charge is -2.03. The molecule has 0 radical (unpaired) electrons. The summed E-state index contributed by atoms with van der Waals surface area (Å²) in [5.74, 6) is -0.459. The highest BCUT2D eigenvalue weighted by Gasteiger charge is 2.22. The van der Waals surface area contributed by atoms with Gasteiger partial charge >= 0.3 is 11.9 Å². The van der Waals surface area contributed by atoms with Crippen LogP contribution in [0.1, 0.15) is 11.1 Å². The van der Waals surface area contributed by atoms with Crippen molar-refractivity contribution < 1.29 is 14.5 Å². The van der Waals surface area contributed by atoms with Gasteiger partial charge in [0.25, 0.3) is 0 Å². The lowest BCUT2D eigenvalue weighted by Crippen LogP contribution is -2.37. The van der Waals surface area contributed by atoms with Crippen LogP contribution in [0.5, 0.6) is 0 Å². The maximum atomic E-state index is 11.1. The summed E-state index contributed by atoms with van der Waals surface area (Å²) in [6, 6.07) is 15.9. The number of carboxylic acid groups (broad SMARTS) is 1. The van der Waals surface area contributed by atoms with E-state index in [1.54, 1.807) is 4.57 Å². The van der Waals surface area contributed by atoms with Crippen molar-refractivity contribution in [3.05, 3.63) is 59.7 Å². The Labute approximate surface area is 128 Å². The number of nitrogens with two attached hydrogens (primary N) is 1. The SMILES string of the molecule is Cc1ccc(C[n+]2c(N)n(CC(=O)O)c3ccccc32)cc1. The topological polar surface area (TPSA) is 72.1 Å². The first-order valence-corrected chi connectivity index (χ1v) is 7.10. The van der Waals surface area contributed by atoms with Crippen molar-refractivity contribution in [2.45, 2.75) is 20.0 Å². The number of hydrogen-bond acceptors (Lipinski definition) is 2. The van der Waals surface area contributed by atoms with Crippen LogP contribution in [-0.2, 0) is 17.9 Å². The summed E-state index contributed by atoms with van der Waals surface area (Å²) >= 11 is 0. The second-order valence-electron chi connectivity index (χ2n) is 5.40. The first-order valence-electron chi connectivity index (χ1n) is 7.10. The molecule has 0 aliphatic carbocycles. The summed E-state index contributed by atoms with van der Waals surface area (Å²) in [7, 11) is 0. The predicted molar refractivity (Wildman–Crippen MR) is 84.5 cm³/mol. The minimum Gasteiger partial charge on any atom is -0.479 e. The van der Waals surface area contributed by atoms with Crippen LogP contribution in [0.2, 0.25) is 0 Å². The number of aryl methyl sites for hydroxylation is 1. The summed E-state index contributed by atoms with van der Waals surface area (Å²) in [5.41, 5.74) is 10.3. The second kappa shape index (κ2) is 5.52. The Balaban J connectivity index is 2.10. The Bertz CT molecular complexity index is 835. The monoisotopic (exact) mass is 296 g/mol. The predicted octanol–water partition coefficient (Wildman–Crippen LogP) is 1.95. The molecule has 3 rings (SSSR count). The average Bonchev–Trinajstić information content (AvgIpc) is 2.75. The van der Waals surface area contributed by atoms with Gasteiger partial charge in [-0.3, -0.25) is 5.73 Å². The number of imidazole rings is 1. The zero-order chi connectivity index (χ0) is 15.7. The van der Waals surface area contributed by atoms with Crippen LogP contribution in [0.15, 0.2) is 48.5 Å². The normalized spacial score (nSPS) is 11.0. The first kappa shape index (κ1) is 14.1. The van der Waals surface area contributed by atoms with Gasteiger partial charge in [-0.2, -0.15) is 0 Å². The summed E-state index contributed by atoms with van der Waals surface area (Å²) < 4.78 is 3.58. The molecule has 0 fully saturated rings. The van der Waals surface area contributed by atoms with Crippen molar-refractivity contribution in [2.24, 2.45) is 0 Å². The number of hydrogen-bond donors (Lipinski definition) is 2. The van der Waals surface area contributed by atoms with Gasteiger partial charge < -0.3 is 5.11 Å². The molecule has 5 heteroatoms. The molecule has 3 aromatic rings. The number of aromatic nitrogens is 2. The van der Waals surface area contributed by atoms with E-state index in [9.17, 15) is 4.79 Å². The van der Waals surface area contributed by atoms with Gasteiger partial charge in [0.1, 0.15) is 11.0 Å². The highest BCUT2D eigenvalue weighted by Crippen LogP contribution is 2.17. The van der Waals surface area contributed by atoms with E-state index in [1.165, 1.54) is 5.56 Å². The molecule has 0 saturated carbocycles. The zero-order valence-corrected chi connectivity index (χ0v) is 12.4. The molecule has 0 unspecified atom stereocenters. The van der Waals surface area contributed by atoms with Crippen molar-refractivity contribution in [2.75, 3.05) is 5.73 Å². The number of rotatable bonds is 4. The molecule has 22 heavy (non-hydrogen) atoms. The maximum Gasteiger partial charge on any atom is 0.356 e. The van der Waals surface area contributed by atoms with Gasteiger partial charge in [0.05, 0.1) is 6.54 Å². The van der Waals surface area contributed by atoms with Gasteiger partial charge in [-0.05, 0) is 24.6 Å². The molecule has 0 amide bonds. The van der Waals surface area contributed by atoms with Crippen molar-refractivity contribution in [1.82, 2.24) is 4.57 Å². The molecule has 0 atom stereocenters. The third kappa shape index (κ3) is 2.53. The van der Waals surface area contributed by atoms with Crippen LogP contribution in [0.3, 0.4) is 0 Å². The van der Waals surface area contributed by atoms with Crippen LogP contribution >= 0.6 is 0 Å². The summed E-state index contributed by atoms with van der Waals surface area (Å²) in [5, 5.41) is 9.09. The summed E-state index contributed by atoms with van der Waals surface area (Å²) in [6.45, 7) is 2.51.